The number of ether oxygens (including phenoxy) is 3. The third kappa shape index (κ3) is 15.4. The molecule has 5 heteroatoms. The maximum absolute atomic E-state index is 9.48. The fourth-order valence-electron chi connectivity index (χ4n) is 2.29. The van der Waals surface area contributed by atoms with Crippen LogP contribution in [0.3, 0.4) is 0 Å². The van der Waals surface area contributed by atoms with E-state index >= 15 is 0 Å². The van der Waals surface area contributed by atoms with Gasteiger partial charge in [-0.3, -0.25) is 0 Å². The average molecular weight is 450 g/mol. The van der Waals surface area contributed by atoms with Crippen LogP contribution in [0.4, 0.5) is 0 Å². The van der Waals surface area contributed by atoms with E-state index in [1.54, 1.807) is 6.92 Å². The van der Waals surface area contributed by atoms with Gasteiger partial charge in [0.25, 0.3) is 0 Å². The van der Waals surface area contributed by atoms with E-state index in [1.165, 1.54) is 5.56 Å². The van der Waals surface area contributed by atoms with Crippen LogP contribution in [0.2, 0.25) is 0 Å². The molecule has 1 radical (unpaired) electrons. The van der Waals surface area contributed by atoms with E-state index < -0.39 is 6.10 Å². The zero-order valence-corrected chi connectivity index (χ0v) is 19.5. The van der Waals surface area contributed by atoms with Crippen molar-refractivity contribution >= 4 is 0 Å². The summed E-state index contributed by atoms with van der Waals surface area (Å²) >= 11 is 0. The molecule has 1 saturated heterocycles. The molecule has 2 atom stereocenters. The summed E-state index contributed by atoms with van der Waals surface area (Å²) in [6.07, 6.45) is 4.50. The quantitative estimate of drug-likeness (QED) is 0.316. The Morgan fingerprint density at radius 3 is 1.97 bits per heavy atom. The van der Waals surface area contributed by atoms with Crippen LogP contribution in [0.15, 0.2) is 72.8 Å². The summed E-state index contributed by atoms with van der Waals surface area (Å²) in [5, 5.41) is 9.48. The summed E-state index contributed by atoms with van der Waals surface area (Å²) in [6.45, 7) is 10.2. The van der Waals surface area contributed by atoms with E-state index in [-0.39, 0.29) is 18.6 Å². The van der Waals surface area contributed by atoms with Gasteiger partial charge in [0.15, 0.2) is 0 Å². The monoisotopic (exact) mass is 450 g/mol. The molecule has 30 heavy (non-hydrogen) atoms. The smallest absolute Gasteiger partial charge is 0.104 e. The summed E-state index contributed by atoms with van der Waals surface area (Å²) in [5.74, 6) is 0. The molecular formula is C25H35O4V-. The first-order valence-corrected chi connectivity index (χ1v) is 10.1. The van der Waals surface area contributed by atoms with Crippen molar-refractivity contribution < 1.29 is 37.9 Å². The first kappa shape index (κ1) is 28.6. The predicted molar refractivity (Wildman–Crippen MR) is 118 cm³/mol. The average Bonchev–Trinajstić information content (AvgIpc) is 3.60. The Kier molecular flexibility index (Phi) is 18.7. The van der Waals surface area contributed by atoms with Crippen molar-refractivity contribution in [2.75, 3.05) is 19.8 Å². The van der Waals surface area contributed by atoms with E-state index in [1.807, 2.05) is 67.6 Å². The molecule has 0 unspecified atom stereocenters. The van der Waals surface area contributed by atoms with Crippen molar-refractivity contribution in [2.24, 2.45) is 0 Å². The minimum Gasteiger partial charge on any atom is -0.390 e. The van der Waals surface area contributed by atoms with E-state index in [4.69, 9.17) is 14.2 Å². The van der Waals surface area contributed by atoms with Gasteiger partial charge in [-0.1, -0.05) is 72.8 Å². The maximum Gasteiger partial charge on any atom is 0.104 e. The summed E-state index contributed by atoms with van der Waals surface area (Å²) < 4.78 is 15.8. The number of allylic oxidation sites excluding steroid dienone is 1. The zero-order chi connectivity index (χ0) is 21.2. The van der Waals surface area contributed by atoms with Gasteiger partial charge in [0, 0.05) is 18.6 Å². The van der Waals surface area contributed by atoms with Gasteiger partial charge in [-0.15, -0.1) is 0 Å². The standard InChI is InChI=1S/C13H18O2.C10H12O2.C2H5.V/c1-2-3-9-13(14)11-15-10-12-7-5-4-6-8-12;1-2-4-9(5-3-1)6-11-7-10-8-12-10;1-2;/h2-8,13-14H,9-11H2,1H3;1-5,10H,6-8H2;1H2,2H3;/q;;-1;/t13-;10-;;/m10../s1. The summed E-state index contributed by atoms with van der Waals surface area (Å²) in [7, 11) is 0. The fourth-order valence-corrected chi connectivity index (χ4v) is 2.29. The van der Waals surface area contributed by atoms with Crippen molar-refractivity contribution in [3.63, 3.8) is 0 Å². The number of hydrogen-bond acceptors (Lipinski definition) is 4. The van der Waals surface area contributed by atoms with Gasteiger partial charge in [0.2, 0.25) is 0 Å². The van der Waals surface area contributed by atoms with Gasteiger partial charge < -0.3 is 26.2 Å². The van der Waals surface area contributed by atoms with Crippen molar-refractivity contribution in [2.45, 2.75) is 45.7 Å². The minimum atomic E-state index is -0.398. The number of epoxide rings is 1. The molecule has 4 nitrogen and oxygen atoms in total. The Bertz CT molecular complexity index is 630. The molecule has 0 amide bonds. The van der Waals surface area contributed by atoms with Crippen LogP contribution in [0, 0.1) is 6.92 Å². The van der Waals surface area contributed by atoms with Crippen LogP contribution in [0.25, 0.3) is 0 Å². The summed E-state index contributed by atoms with van der Waals surface area (Å²) in [4.78, 5) is 0. The maximum atomic E-state index is 9.48. The van der Waals surface area contributed by atoms with E-state index in [9.17, 15) is 5.11 Å². The van der Waals surface area contributed by atoms with Gasteiger partial charge >= 0.3 is 0 Å². The topological polar surface area (TPSA) is 51.2 Å². The summed E-state index contributed by atoms with van der Waals surface area (Å²) in [5.41, 5.74) is 2.36. The van der Waals surface area contributed by atoms with Crippen LogP contribution in [0.5, 0.6) is 0 Å². The zero-order valence-electron chi connectivity index (χ0n) is 18.2. The first-order chi connectivity index (χ1) is 14.3. The van der Waals surface area contributed by atoms with Gasteiger partial charge in [-0.2, -0.15) is 6.92 Å². The number of aliphatic hydroxyl groups is 1. The van der Waals surface area contributed by atoms with E-state index in [0.717, 1.165) is 18.8 Å². The summed E-state index contributed by atoms with van der Waals surface area (Å²) in [6, 6.07) is 20.1. The second-order valence-electron chi connectivity index (χ2n) is 6.42. The van der Waals surface area contributed by atoms with Gasteiger partial charge in [-0.05, 0) is 24.5 Å². The predicted octanol–water partition coefficient (Wildman–Crippen LogP) is 4.97. The van der Waals surface area contributed by atoms with Crippen LogP contribution >= 0.6 is 0 Å². The molecule has 1 aliphatic heterocycles. The number of rotatable bonds is 10. The van der Waals surface area contributed by atoms with Crippen molar-refractivity contribution in [3.05, 3.63) is 90.9 Å². The van der Waals surface area contributed by atoms with Crippen molar-refractivity contribution in [1.82, 2.24) is 0 Å². The van der Waals surface area contributed by atoms with Gasteiger partial charge in [0.05, 0.1) is 39.1 Å². The number of hydrogen-bond donors (Lipinski definition) is 1. The van der Waals surface area contributed by atoms with Crippen LogP contribution in [-0.2, 0) is 46.0 Å². The molecule has 2 aromatic carbocycles. The molecule has 0 saturated carbocycles. The largest absolute Gasteiger partial charge is 0.390 e. The molecule has 2 aromatic rings. The molecule has 1 fully saturated rings. The third-order valence-corrected chi connectivity index (χ3v) is 3.88. The minimum absolute atomic E-state index is 0. The molecule has 1 N–H and O–H groups in total. The van der Waals surface area contributed by atoms with Gasteiger partial charge in [0.1, 0.15) is 6.10 Å². The third-order valence-electron chi connectivity index (χ3n) is 3.88. The second-order valence-corrected chi connectivity index (χ2v) is 6.42. The molecule has 165 valence electrons. The Morgan fingerprint density at radius 2 is 1.50 bits per heavy atom. The molecule has 3 rings (SSSR count). The van der Waals surface area contributed by atoms with Gasteiger partial charge in [-0.25, -0.2) is 0 Å². The van der Waals surface area contributed by atoms with E-state index in [0.29, 0.717) is 32.3 Å². The molecular weight excluding hydrogens is 415 g/mol. The van der Waals surface area contributed by atoms with Crippen molar-refractivity contribution in [1.29, 1.82) is 0 Å². The molecule has 0 spiro atoms. The second kappa shape index (κ2) is 19.6. The Hall–Kier alpha value is -1.40. The van der Waals surface area contributed by atoms with Crippen LogP contribution in [-0.4, -0.2) is 37.1 Å². The molecule has 1 heterocycles. The first-order valence-electron chi connectivity index (χ1n) is 10.1. The number of aliphatic hydroxyl groups excluding tert-OH is 1. The SMILES string of the molecule is CC=CC[C@@H](O)COCc1ccccc1.[CH2-]C.[V].c1ccc(COC[C@H]2CO2)cc1. The van der Waals surface area contributed by atoms with Crippen LogP contribution < -0.4 is 0 Å². The van der Waals surface area contributed by atoms with Crippen molar-refractivity contribution in [3.8, 4) is 0 Å². The fraction of sp³-hybridized carbons (Fsp3) is 0.400. The normalized spacial score (nSPS) is 15.1. The Morgan fingerprint density at radius 1 is 1.00 bits per heavy atom. The molecule has 0 aromatic heterocycles. The Balaban J connectivity index is 0.000000510. The molecule has 0 bridgehead atoms. The Labute approximate surface area is 194 Å². The molecule has 1 aliphatic rings. The van der Waals surface area contributed by atoms with E-state index in [2.05, 4.69) is 19.1 Å². The number of benzene rings is 2. The molecule has 0 aliphatic carbocycles. The van der Waals surface area contributed by atoms with Crippen LogP contribution in [0.1, 0.15) is 31.4 Å².